The maximum absolute atomic E-state index is 14.9. The van der Waals surface area contributed by atoms with Crippen LogP contribution in [0.2, 0.25) is 5.02 Å². The summed E-state index contributed by atoms with van der Waals surface area (Å²) >= 11 is 6.40. The van der Waals surface area contributed by atoms with E-state index in [9.17, 15) is 14.0 Å². The van der Waals surface area contributed by atoms with E-state index >= 15 is 0 Å². The number of nitrogens with two attached hydrogens (primary N) is 1. The highest BCUT2D eigenvalue weighted by Crippen LogP contribution is 2.40. The molecule has 0 radical (unpaired) electrons. The van der Waals surface area contributed by atoms with Gasteiger partial charge in [-0.05, 0) is 43.9 Å². The van der Waals surface area contributed by atoms with Gasteiger partial charge in [0, 0.05) is 22.7 Å². The number of H-pyrrole nitrogens is 1. The average molecular weight is 376 g/mol. The summed E-state index contributed by atoms with van der Waals surface area (Å²) in [5, 5.41) is 3.65. The predicted octanol–water partition coefficient (Wildman–Crippen LogP) is 3.61. The molecule has 1 aliphatic carbocycles. The van der Waals surface area contributed by atoms with Crippen LogP contribution in [0.1, 0.15) is 40.9 Å². The van der Waals surface area contributed by atoms with E-state index in [4.69, 9.17) is 17.3 Å². The summed E-state index contributed by atoms with van der Waals surface area (Å²) in [4.78, 5) is 26.3. The molecule has 0 spiro atoms. The Bertz CT molecular complexity index is 962. The molecule has 5 nitrogen and oxygen atoms in total. The Kier molecular flexibility index (Phi) is 4.87. The molecule has 1 heterocycles. The van der Waals surface area contributed by atoms with Gasteiger partial charge in [-0.25, -0.2) is 4.39 Å². The van der Waals surface area contributed by atoms with Crippen LogP contribution in [-0.4, -0.2) is 22.8 Å². The first-order chi connectivity index (χ1) is 12.3. The van der Waals surface area contributed by atoms with Gasteiger partial charge in [0.15, 0.2) is 0 Å². The SMILES string of the molecule is C=CC(=O)NC1CCC=C(c2c(F)cc(C(N)=O)c3[nH]c(C)c(Cl)c23)C1. The molecule has 0 fully saturated rings. The Balaban J connectivity index is 2.13. The molecular formula is C19H19ClFN3O2. The van der Waals surface area contributed by atoms with Gasteiger partial charge in [0.05, 0.1) is 16.1 Å². The zero-order chi connectivity index (χ0) is 19.0. The summed E-state index contributed by atoms with van der Waals surface area (Å²) in [5.41, 5.74) is 7.59. The Labute approximate surface area is 155 Å². The summed E-state index contributed by atoms with van der Waals surface area (Å²) in [5.74, 6) is -1.55. The van der Waals surface area contributed by atoms with Crippen molar-refractivity contribution in [3.8, 4) is 0 Å². The lowest BCUT2D eigenvalue weighted by Gasteiger charge is -2.24. The predicted molar refractivity (Wildman–Crippen MR) is 100 cm³/mol. The molecule has 1 aromatic heterocycles. The molecule has 1 aromatic carbocycles. The topological polar surface area (TPSA) is 88.0 Å². The van der Waals surface area contributed by atoms with Crippen molar-refractivity contribution in [2.24, 2.45) is 5.73 Å². The van der Waals surface area contributed by atoms with Gasteiger partial charge in [-0.3, -0.25) is 9.59 Å². The van der Waals surface area contributed by atoms with Crippen LogP contribution in [-0.2, 0) is 4.79 Å². The summed E-state index contributed by atoms with van der Waals surface area (Å²) < 4.78 is 14.9. The maximum atomic E-state index is 14.9. The van der Waals surface area contributed by atoms with Crippen LogP contribution in [0.25, 0.3) is 16.5 Å². The van der Waals surface area contributed by atoms with Gasteiger partial charge in [-0.15, -0.1) is 0 Å². The fourth-order valence-electron chi connectivity index (χ4n) is 3.43. The first-order valence-electron chi connectivity index (χ1n) is 8.25. The zero-order valence-corrected chi connectivity index (χ0v) is 15.0. The van der Waals surface area contributed by atoms with Gasteiger partial charge in [0.1, 0.15) is 5.82 Å². The van der Waals surface area contributed by atoms with Crippen molar-refractivity contribution in [2.75, 3.05) is 0 Å². The summed E-state index contributed by atoms with van der Waals surface area (Å²) in [6.07, 6.45) is 5.06. The van der Waals surface area contributed by atoms with Crippen LogP contribution in [0.3, 0.4) is 0 Å². The van der Waals surface area contributed by atoms with Crippen LogP contribution >= 0.6 is 11.6 Å². The molecule has 0 bridgehead atoms. The minimum Gasteiger partial charge on any atom is -0.366 e. The summed E-state index contributed by atoms with van der Waals surface area (Å²) in [7, 11) is 0. The lowest BCUT2D eigenvalue weighted by atomic mass is 9.87. The van der Waals surface area contributed by atoms with Gasteiger partial charge >= 0.3 is 0 Å². The number of aromatic nitrogens is 1. The van der Waals surface area contributed by atoms with Crippen LogP contribution in [0.5, 0.6) is 0 Å². The Morgan fingerprint density at radius 1 is 1.50 bits per heavy atom. The second kappa shape index (κ2) is 6.96. The monoisotopic (exact) mass is 375 g/mol. The van der Waals surface area contributed by atoms with E-state index in [0.29, 0.717) is 40.0 Å². The minimum absolute atomic E-state index is 0.0594. The van der Waals surface area contributed by atoms with Crippen molar-refractivity contribution in [3.63, 3.8) is 0 Å². The van der Waals surface area contributed by atoms with Gasteiger partial charge in [-0.2, -0.15) is 0 Å². The number of nitrogens with one attached hydrogen (secondary N) is 2. The quantitative estimate of drug-likeness (QED) is 0.713. The average Bonchev–Trinajstić information content (AvgIpc) is 2.89. The van der Waals surface area contributed by atoms with Crippen molar-refractivity contribution in [2.45, 2.75) is 32.2 Å². The molecule has 2 aromatic rings. The van der Waals surface area contributed by atoms with E-state index in [2.05, 4.69) is 16.9 Å². The number of carbonyl (C=O) groups excluding carboxylic acids is 2. The van der Waals surface area contributed by atoms with Crippen LogP contribution in [0.4, 0.5) is 4.39 Å². The Hall–Kier alpha value is -2.60. The second-order valence-corrected chi connectivity index (χ2v) is 6.76. The molecule has 0 saturated heterocycles. The van der Waals surface area contributed by atoms with Crippen LogP contribution < -0.4 is 11.1 Å². The number of aromatic amines is 1. The summed E-state index contributed by atoms with van der Waals surface area (Å²) in [6, 6.07) is 1.02. The fraction of sp³-hybridized carbons (Fsp3) is 0.263. The van der Waals surface area contributed by atoms with Crippen LogP contribution in [0.15, 0.2) is 24.8 Å². The van der Waals surface area contributed by atoms with Gasteiger partial charge in [0.2, 0.25) is 5.91 Å². The number of allylic oxidation sites excluding steroid dienone is 1. The Morgan fingerprint density at radius 3 is 2.88 bits per heavy atom. The third-order valence-electron chi connectivity index (χ3n) is 4.63. The molecule has 1 aliphatic rings. The van der Waals surface area contributed by atoms with Gasteiger partial charge < -0.3 is 16.0 Å². The number of primary amides is 1. The first kappa shape index (κ1) is 18.2. The third-order valence-corrected chi connectivity index (χ3v) is 5.10. The number of fused-ring (bicyclic) bond motifs is 1. The molecule has 1 unspecified atom stereocenters. The number of aryl methyl sites for hydroxylation is 1. The molecule has 26 heavy (non-hydrogen) atoms. The molecule has 0 aliphatic heterocycles. The third kappa shape index (κ3) is 3.12. The number of carbonyl (C=O) groups is 2. The van der Waals surface area contributed by atoms with E-state index in [1.807, 2.05) is 6.08 Å². The lowest BCUT2D eigenvalue weighted by Crippen LogP contribution is -2.34. The van der Waals surface area contributed by atoms with E-state index in [1.54, 1.807) is 6.92 Å². The number of amides is 2. The molecule has 136 valence electrons. The van der Waals surface area contributed by atoms with E-state index in [-0.39, 0.29) is 17.5 Å². The summed E-state index contributed by atoms with van der Waals surface area (Å²) in [6.45, 7) is 5.19. The minimum atomic E-state index is -0.730. The van der Waals surface area contributed by atoms with Crippen molar-refractivity contribution in [1.29, 1.82) is 0 Å². The molecular weight excluding hydrogens is 357 g/mol. The standard InChI is InChI=1S/C19H19ClFN3O2/c1-3-14(25)24-11-6-4-5-10(7-11)15-13(21)8-12(19(22)26)18-16(15)17(20)9(2)23-18/h3,5,8,11,23H,1,4,6-7H2,2H3,(H2,22,26)(H,24,25). The van der Waals surface area contributed by atoms with Gasteiger partial charge in [-0.1, -0.05) is 24.3 Å². The molecule has 2 amide bonds. The fourth-order valence-corrected chi connectivity index (χ4v) is 3.67. The highest BCUT2D eigenvalue weighted by molar-refractivity contribution is 6.37. The first-order valence-corrected chi connectivity index (χ1v) is 8.63. The maximum Gasteiger partial charge on any atom is 0.250 e. The molecule has 0 saturated carbocycles. The number of rotatable bonds is 4. The largest absolute Gasteiger partial charge is 0.366 e. The van der Waals surface area contributed by atoms with Crippen molar-refractivity contribution < 1.29 is 14.0 Å². The van der Waals surface area contributed by atoms with Gasteiger partial charge in [0.25, 0.3) is 5.91 Å². The number of benzene rings is 1. The van der Waals surface area contributed by atoms with Crippen molar-refractivity contribution >= 4 is 39.9 Å². The van der Waals surface area contributed by atoms with E-state index < -0.39 is 11.7 Å². The van der Waals surface area contributed by atoms with E-state index in [1.165, 1.54) is 6.08 Å². The number of hydrogen-bond acceptors (Lipinski definition) is 2. The highest BCUT2D eigenvalue weighted by atomic mass is 35.5. The van der Waals surface area contributed by atoms with E-state index in [0.717, 1.165) is 18.1 Å². The second-order valence-electron chi connectivity index (χ2n) is 6.38. The smallest absolute Gasteiger partial charge is 0.250 e. The van der Waals surface area contributed by atoms with Crippen molar-refractivity contribution in [1.82, 2.24) is 10.3 Å². The Morgan fingerprint density at radius 2 is 2.23 bits per heavy atom. The number of halogens is 2. The molecule has 3 rings (SSSR count). The molecule has 1 atom stereocenters. The highest BCUT2D eigenvalue weighted by Gasteiger charge is 2.26. The zero-order valence-electron chi connectivity index (χ0n) is 14.3. The lowest BCUT2D eigenvalue weighted by molar-refractivity contribution is -0.117. The van der Waals surface area contributed by atoms with Crippen LogP contribution in [0, 0.1) is 12.7 Å². The molecule has 4 N–H and O–H groups in total. The normalized spacial score (nSPS) is 17.0. The number of hydrogen-bond donors (Lipinski definition) is 3. The molecule has 7 heteroatoms. The van der Waals surface area contributed by atoms with Crippen molar-refractivity contribution in [3.05, 3.63) is 52.5 Å².